The molecule has 0 unspecified atom stereocenters. The first-order valence-corrected chi connectivity index (χ1v) is 8.78. The van der Waals surface area contributed by atoms with Crippen LogP contribution in [0.15, 0.2) is 32.5 Å². The van der Waals surface area contributed by atoms with Gasteiger partial charge in [0.1, 0.15) is 0 Å². The second-order valence-corrected chi connectivity index (χ2v) is 8.13. The van der Waals surface area contributed by atoms with Crippen molar-refractivity contribution >= 4 is 60.6 Å². The highest BCUT2D eigenvalue weighted by Crippen LogP contribution is 2.35. The molecular formula is C15H11Br2NO2S. The van der Waals surface area contributed by atoms with Crippen LogP contribution in [0.2, 0.25) is 0 Å². The topological polar surface area (TPSA) is 37.4 Å². The van der Waals surface area contributed by atoms with Crippen molar-refractivity contribution in [2.24, 2.45) is 0 Å². The number of anilines is 1. The Morgan fingerprint density at radius 3 is 2.62 bits per heavy atom. The first-order valence-electron chi connectivity index (χ1n) is 6.38. The van der Waals surface area contributed by atoms with Crippen LogP contribution < -0.4 is 4.90 Å². The number of thiophene rings is 1. The van der Waals surface area contributed by atoms with Gasteiger partial charge in [0.2, 0.25) is 11.7 Å². The molecule has 1 aromatic heterocycles. The van der Waals surface area contributed by atoms with E-state index in [9.17, 15) is 9.59 Å². The van der Waals surface area contributed by atoms with Crippen molar-refractivity contribution in [2.75, 3.05) is 11.4 Å². The Morgan fingerprint density at radius 1 is 1.24 bits per heavy atom. The molecule has 1 aliphatic rings. The molecule has 0 fully saturated rings. The van der Waals surface area contributed by atoms with Gasteiger partial charge in [-0.05, 0) is 52.2 Å². The number of ketones is 1. The molecule has 108 valence electrons. The monoisotopic (exact) mass is 427 g/mol. The van der Waals surface area contributed by atoms with Gasteiger partial charge >= 0.3 is 0 Å². The largest absolute Gasteiger partial charge is 0.312 e. The molecule has 3 nitrogen and oxygen atoms in total. The molecule has 0 atom stereocenters. The molecule has 2 heterocycles. The predicted molar refractivity (Wildman–Crippen MR) is 91.3 cm³/mol. The van der Waals surface area contributed by atoms with Gasteiger partial charge in [0.25, 0.3) is 0 Å². The molecule has 1 aliphatic heterocycles. The van der Waals surface area contributed by atoms with Crippen molar-refractivity contribution in [1.29, 1.82) is 0 Å². The molecule has 0 spiro atoms. The van der Waals surface area contributed by atoms with E-state index < -0.39 is 0 Å². The van der Waals surface area contributed by atoms with Crippen molar-refractivity contribution in [3.05, 3.63) is 48.5 Å². The number of nitrogens with zero attached hydrogens (tertiary/aromatic N) is 1. The molecule has 0 saturated heterocycles. The highest BCUT2D eigenvalue weighted by atomic mass is 79.9. The quantitative estimate of drug-likeness (QED) is 0.664. The summed E-state index contributed by atoms with van der Waals surface area (Å²) < 4.78 is 1.70. The number of fused-ring (bicyclic) bond motifs is 1. The number of hydrogen-bond acceptors (Lipinski definition) is 3. The molecule has 3 rings (SSSR count). The van der Waals surface area contributed by atoms with Gasteiger partial charge in [0.15, 0.2) is 0 Å². The maximum atomic E-state index is 12.6. The number of benzene rings is 1. The molecule has 1 amide bonds. The third-order valence-corrected chi connectivity index (χ3v) is 5.76. The van der Waals surface area contributed by atoms with Gasteiger partial charge in [-0.1, -0.05) is 15.9 Å². The van der Waals surface area contributed by atoms with E-state index >= 15 is 0 Å². The Bertz CT molecular complexity index is 754. The van der Waals surface area contributed by atoms with E-state index in [1.807, 2.05) is 18.2 Å². The Balaban J connectivity index is 2.06. The SMILES string of the molecule is CC(=O)N1CCc2cc(Br)c(C(=O)c3ccc(Br)s3)cc21. The summed E-state index contributed by atoms with van der Waals surface area (Å²) in [7, 11) is 0. The predicted octanol–water partition coefficient (Wildman–Crippen LogP) is 4.41. The third-order valence-electron chi connectivity index (χ3n) is 3.49. The summed E-state index contributed by atoms with van der Waals surface area (Å²) in [5.74, 6) is -0.0240. The van der Waals surface area contributed by atoms with Crippen LogP contribution in [-0.4, -0.2) is 18.2 Å². The minimum atomic E-state index is -0.0317. The maximum Gasteiger partial charge on any atom is 0.223 e. The third kappa shape index (κ3) is 2.72. The minimum absolute atomic E-state index is 0.00772. The Kier molecular flexibility index (Phi) is 4.03. The highest BCUT2D eigenvalue weighted by Gasteiger charge is 2.25. The fourth-order valence-corrected chi connectivity index (χ4v) is 4.39. The molecule has 0 saturated carbocycles. The fraction of sp³-hybridized carbons (Fsp3) is 0.200. The van der Waals surface area contributed by atoms with Crippen LogP contribution >= 0.6 is 43.2 Å². The van der Waals surface area contributed by atoms with Crippen LogP contribution in [-0.2, 0) is 11.2 Å². The van der Waals surface area contributed by atoms with Gasteiger partial charge in [-0.25, -0.2) is 0 Å². The van der Waals surface area contributed by atoms with Crippen molar-refractivity contribution in [3.63, 3.8) is 0 Å². The molecule has 0 radical (unpaired) electrons. The number of hydrogen-bond donors (Lipinski definition) is 0. The molecule has 0 aliphatic carbocycles. The lowest BCUT2D eigenvalue weighted by molar-refractivity contribution is -0.116. The van der Waals surface area contributed by atoms with Gasteiger partial charge in [0, 0.05) is 29.2 Å². The maximum absolute atomic E-state index is 12.6. The number of halogens is 2. The summed E-state index contributed by atoms with van der Waals surface area (Å²) in [6, 6.07) is 7.44. The average molecular weight is 429 g/mol. The second-order valence-electron chi connectivity index (χ2n) is 4.81. The minimum Gasteiger partial charge on any atom is -0.312 e. The average Bonchev–Trinajstić information content (AvgIpc) is 3.02. The summed E-state index contributed by atoms with van der Waals surface area (Å²) in [4.78, 5) is 26.7. The van der Waals surface area contributed by atoms with Crippen LogP contribution in [0.4, 0.5) is 5.69 Å². The van der Waals surface area contributed by atoms with E-state index in [2.05, 4.69) is 31.9 Å². The number of carbonyl (C=O) groups excluding carboxylic acids is 2. The standard InChI is InChI=1S/C15H11Br2NO2S/c1-8(19)18-5-4-9-6-11(16)10(7-12(9)18)15(20)13-2-3-14(17)21-13/h2-3,6-7H,4-5H2,1H3. The van der Waals surface area contributed by atoms with E-state index in [4.69, 9.17) is 0 Å². The van der Waals surface area contributed by atoms with Crippen molar-refractivity contribution in [2.45, 2.75) is 13.3 Å². The highest BCUT2D eigenvalue weighted by molar-refractivity contribution is 9.11. The van der Waals surface area contributed by atoms with Crippen molar-refractivity contribution in [3.8, 4) is 0 Å². The van der Waals surface area contributed by atoms with Gasteiger partial charge < -0.3 is 4.90 Å². The van der Waals surface area contributed by atoms with Crippen LogP contribution in [0.5, 0.6) is 0 Å². The van der Waals surface area contributed by atoms with E-state index in [0.717, 1.165) is 25.9 Å². The zero-order valence-electron chi connectivity index (χ0n) is 11.2. The summed E-state index contributed by atoms with van der Waals surface area (Å²) in [5.41, 5.74) is 2.54. The first-order chi connectivity index (χ1) is 9.97. The molecular weight excluding hydrogens is 418 g/mol. The van der Waals surface area contributed by atoms with E-state index in [0.29, 0.717) is 17.0 Å². The Morgan fingerprint density at radius 2 is 2.00 bits per heavy atom. The van der Waals surface area contributed by atoms with E-state index in [-0.39, 0.29) is 11.7 Å². The zero-order valence-corrected chi connectivity index (χ0v) is 15.1. The molecule has 0 bridgehead atoms. The fourth-order valence-electron chi connectivity index (χ4n) is 2.48. The number of amides is 1. The summed E-state index contributed by atoms with van der Waals surface area (Å²) in [6.07, 6.45) is 0.826. The van der Waals surface area contributed by atoms with Crippen LogP contribution in [0.3, 0.4) is 0 Å². The molecule has 1 aromatic carbocycles. The normalized spacial score (nSPS) is 13.4. The van der Waals surface area contributed by atoms with Crippen LogP contribution in [0.1, 0.15) is 27.7 Å². The van der Waals surface area contributed by atoms with Crippen molar-refractivity contribution in [1.82, 2.24) is 0 Å². The lowest BCUT2D eigenvalue weighted by atomic mass is 10.0. The summed E-state index contributed by atoms with van der Waals surface area (Å²) >= 11 is 8.26. The zero-order chi connectivity index (χ0) is 15.1. The lowest BCUT2D eigenvalue weighted by Gasteiger charge is -2.16. The molecule has 0 N–H and O–H groups in total. The lowest BCUT2D eigenvalue weighted by Crippen LogP contribution is -2.25. The number of carbonyl (C=O) groups is 2. The molecule has 21 heavy (non-hydrogen) atoms. The summed E-state index contributed by atoms with van der Waals surface area (Å²) in [5, 5.41) is 0. The van der Waals surface area contributed by atoms with E-state index in [1.165, 1.54) is 11.3 Å². The Hall–Kier alpha value is -0.980. The van der Waals surface area contributed by atoms with Crippen molar-refractivity contribution < 1.29 is 9.59 Å². The van der Waals surface area contributed by atoms with Crippen LogP contribution in [0, 0.1) is 0 Å². The van der Waals surface area contributed by atoms with Gasteiger partial charge in [0.05, 0.1) is 8.66 Å². The van der Waals surface area contributed by atoms with Gasteiger partial charge in [-0.2, -0.15) is 0 Å². The molecule has 2 aromatic rings. The van der Waals surface area contributed by atoms with E-state index in [1.54, 1.807) is 17.9 Å². The molecule has 6 heteroatoms. The number of rotatable bonds is 2. The van der Waals surface area contributed by atoms with Gasteiger partial charge in [-0.15, -0.1) is 11.3 Å². The van der Waals surface area contributed by atoms with Gasteiger partial charge in [-0.3, -0.25) is 9.59 Å². The van der Waals surface area contributed by atoms with Crippen LogP contribution in [0.25, 0.3) is 0 Å². The Labute approximate surface area is 143 Å². The second kappa shape index (κ2) is 5.66. The summed E-state index contributed by atoms with van der Waals surface area (Å²) in [6.45, 7) is 2.23. The smallest absolute Gasteiger partial charge is 0.223 e. The first kappa shape index (κ1) is 14.9.